The Bertz CT molecular complexity index is 1190. The fourth-order valence-electron chi connectivity index (χ4n) is 5.48. The van der Waals surface area contributed by atoms with Gasteiger partial charge < -0.3 is 24.2 Å². The van der Waals surface area contributed by atoms with E-state index in [2.05, 4.69) is 0 Å². The lowest BCUT2D eigenvalue weighted by atomic mass is 9.92. The molecule has 2 saturated heterocycles. The molecule has 3 heterocycles. The lowest BCUT2D eigenvalue weighted by molar-refractivity contribution is -0.132. The van der Waals surface area contributed by atoms with Crippen molar-refractivity contribution in [3.63, 3.8) is 0 Å². The first-order valence-corrected chi connectivity index (χ1v) is 11.0. The summed E-state index contributed by atoms with van der Waals surface area (Å²) in [4.78, 5) is 40.4. The number of piperidine rings is 1. The van der Waals surface area contributed by atoms with Crippen LogP contribution in [0, 0.1) is 11.7 Å². The molecule has 32 heavy (non-hydrogen) atoms. The predicted octanol–water partition coefficient (Wildman–Crippen LogP) is 2.63. The number of carboxylic acid groups (broad SMARTS) is 1. The van der Waals surface area contributed by atoms with Gasteiger partial charge in [0.25, 0.3) is 0 Å². The second-order valence-electron chi connectivity index (χ2n) is 9.04. The maximum atomic E-state index is 15.5. The number of rotatable bonds is 4. The average Bonchev–Trinajstić information content (AvgIpc) is 3.50. The molecular weight excluding hydrogens is 417 g/mol. The monoisotopic (exact) mass is 443 g/mol. The molecule has 5 rings (SSSR count). The molecule has 3 fully saturated rings. The molecule has 0 unspecified atom stereocenters. The molecule has 1 aromatic heterocycles. The topological polar surface area (TPSA) is 92.1 Å². The van der Waals surface area contributed by atoms with E-state index < -0.39 is 17.2 Å². The highest BCUT2D eigenvalue weighted by Crippen LogP contribution is 2.45. The van der Waals surface area contributed by atoms with E-state index in [-0.39, 0.29) is 46.3 Å². The number of anilines is 1. The summed E-state index contributed by atoms with van der Waals surface area (Å²) >= 11 is 0. The molecule has 8 nitrogen and oxygen atoms in total. The van der Waals surface area contributed by atoms with Crippen LogP contribution in [0.4, 0.5) is 10.1 Å². The van der Waals surface area contributed by atoms with Gasteiger partial charge in [0.05, 0.1) is 24.1 Å². The smallest absolute Gasteiger partial charge is 0.341 e. The third-order valence-corrected chi connectivity index (χ3v) is 7.07. The summed E-state index contributed by atoms with van der Waals surface area (Å²) in [6.45, 7) is 3.36. The van der Waals surface area contributed by atoms with E-state index in [1.807, 2.05) is 9.80 Å². The standard InChI is InChI=1S/C23H26FN3O5/c1-12(28)26-7-3-4-13-9-25(11-18(13)26)20-17(24)8-15-19(22(20)32-2)27(14-5-6-14)10-16(21(15)29)23(30)31/h8,10,13-14,18H,3-7,9,11H2,1-2H3,(H,30,31)/t13-,18+/m0/s1. The van der Waals surface area contributed by atoms with Crippen LogP contribution in [0.3, 0.4) is 0 Å². The molecular formula is C23H26FN3O5. The predicted molar refractivity (Wildman–Crippen MR) is 116 cm³/mol. The Morgan fingerprint density at radius 3 is 2.59 bits per heavy atom. The summed E-state index contributed by atoms with van der Waals surface area (Å²) in [6.07, 6.45) is 4.96. The summed E-state index contributed by atoms with van der Waals surface area (Å²) < 4.78 is 23.0. The number of carboxylic acids is 1. The highest BCUT2D eigenvalue weighted by atomic mass is 19.1. The molecule has 1 amide bonds. The molecule has 2 aliphatic heterocycles. The number of aromatic nitrogens is 1. The van der Waals surface area contributed by atoms with E-state index in [4.69, 9.17) is 4.74 Å². The van der Waals surface area contributed by atoms with Crippen LogP contribution >= 0.6 is 0 Å². The number of carbonyl (C=O) groups excluding carboxylic acids is 1. The minimum absolute atomic E-state index is 0.0110. The number of pyridine rings is 1. The van der Waals surface area contributed by atoms with Crippen molar-refractivity contribution < 1.29 is 23.8 Å². The number of fused-ring (bicyclic) bond motifs is 2. The molecule has 1 aromatic carbocycles. The molecule has 1 saturated carbocycles. The molecule has 0 bridgehead atoms. The zero-order valence-corrected chi connectivity index (χ0v) is 18.1. The maximum Gasteiger partial charge on any atom is 0.341 e. The highest BCUT2D eigenvalue weighted by Gasteiger charge is 2.42. The highest BCUT2D eigenvalue weighted by molar-refractivity contribution is 5.97. The van der Waals surface area contributed by atoms with Gasteiger partial charge in [0.1, 0.15) is 11.3 Å². The van der Waals surface area contributed by atoms with Gasteiger partial charge in [-0.25, -0.2) is 9.18 Å². The normalized spacial score (nSPS) is 22.8. The number of likely N-dealkylation sites (tertiary alicyclic amines) is 1. The van der Waals surface area contributed by atoms with Crippen LogP contribution in [0.15, 0.2) is 17.1 Å². The van der Waals surface area contributed by atoms with E-state index >= 15 is 4.39 Å². The number of methoxy groups -OCH3 is 1. The number of ether oxygens (including phenoxy) is 1. The second kappa shape index (κ2) is 7.50. The molecule has 3 aliphatic rings. The molecule has 0 spiro atoms. The number of halogens is 1. The first-order valence-electron chi connectivity index (χ1n) is 11.0. The van der Waals surface area contributed by atoms with E-state index in [1.54, 1.807) is 11.5 Å². The van der Waals surface area contributed by atoms with E-state index in [0.29, 0.717) is 25.2 Å². The second-order valence-corrected chi connectivity index (χ2v) is 9.04. The van der Waals surface area contributed by atoms with Crippen LogP contribution in [0.25, 0.3) is 10.9 Å². The number of nitrogens with zero attached hydrogens (tertiary/aromatic N) is 3. The van der Waals surface area contributed by atoms with Crippen molar-refractivity contribution in [2.45, 2.75) is 44.7 Å². The van der Waals surface area contributed by atoms with Crippen molar-refractivity contribution in [2.75, 3.05) is 31.6 Å². The van der Waals surface area contributed by atoms with Gasteiger partial charge in [-0.2, -0.15) is 0 Å². The first-order chi connectivity index (χ1) is 15.3. The van der Waals surface area contributed by atoms with Gasteiger partial charge in [-0.15, -0.1) is 0 Å². The largest absolute Gasteiger partial charge is 0.492 e. The lowest BCUT2D eigenvalue weighted by Crippen LogP contribution is -2.47. The minimum atomic E-state index is -1.33. The summed E-state index contributed by atoms with van der Waals surface area (Å²) in [6, 6.07) is 1.21. The van der Waals surface area contributed by atoms with E-state index in [9.17, 15) is 19.5 Å². The third-order valence-electron chi connectivity index (χ3n) is 7.07. The Morgan fingerprint density at radius 2 is 1.97 bits per heavy atom. The summed E-state index contributed by atoms with van der Waals surface area (Å²) in [5.41, 5.74) is -0.386. The van der Waals surface area contributed by atoms with Crippen molar-refractivity contribution in [2.24, 2.45) is 5.92 Å². The first kappa shape index (κ1) is 20.8. The SMILES string of the molecule is COc1c(N2C[C@@H]3CCCN(C(C)=O)[C@@H]3C2)c(F)cc2c(=O)c(C(=O)O)cn(C3CC3)c12. The number of hydrogen-bond donors (Lipinski definition) is 1. The molecule has 9 heteroatoms. The lowest BCUT2D eigenvalue weighted by Gasteiger charge is -2.36. The van der Waals surface area contributed by atoms with E-state index in [1.165, 1.54) is 13.3 Å². The van der Waals surface area contributed by atoms with Gasteiger partial charge >= 0.3 is 5.97 Å². The third kappa shape index (κ3) is 3.13. The summed E-state index contributed by atoms with van der Waals surface area (Å²) in [5, 5.41) is 9.50. The Morgan fingerprint density at radius 1 is 1.22 bits per heavy atom. The summed E-state index contributed by atoms with van der Waals surface area (Å²) in [7, 11) is 1.44. The summed E-state index contributed by atoms with van der Waals surface area (Å²) in [5.74, 6) is -1.44. The van der Waals surface area contributed by atoms with Crippen molar-refractivity contribution in [1.29, 1.82) is 0 Å². The number of carbonyl (C=O) groups is 2. The van der Waals surface area contributed by atoms with Crippen molar-refractivity contribution in [1.82, 2.24) is 9.47 Å². The van der Waals surface area contributed by atoms with Crippen molar-refractivity contribution >= 4 is 28.5 Å². The molecule has 2 aromatic rings. The Kier molecular flexibility index (Phi) is 4.87. The van der Waals surface area contributed by atoms with Crippen LogP contribution in [0.5, 0.6) is 5.75 Å². The van der Waals surface area contributed by atoms with Gasteiger partial charge in [-0.1, -0.05) is 0 Å². The molecule has 2 atom stereocenters. The molecule has 170 valence electrons. The van der Waals surface area contributed by atoms with Crippen LogP contribution < -0.4 is 15.1 Å². The Labute approximate surface area is 184 Å². The minimum Gasteiger partial charge on any atom is -0.492 e. The van der Waals surface area contributed by atoms with Gasteiger partial charge in [0.2, 0.25) is 11.3 Å². The number of aromatic carboxylic acids is 1. The van der Waals surface area contributed by atoms with Crippen LogP contribution in [0.1, 0.15) is 49.0 Å². The Hall–Kier alpha value is -3.10. The fraction of sp³-hybridized carbons (Fsp3) is 0.522. The van der Waals surface area contributed by atoms with Gasteiger partial charge in [-0.05, 0) is 37.7 Å². The zero-order chi connectivity index (χ0) is 22.7. The fourth-order valence-corrected chi connectivity index (χ4v) is 5.48. The van der Waals surface area contributed by atoms with E-state index in [0.717, 1.165) is 31.7 Å². The van der Waals surface area contributed by atoms with Gasteiger partial charge in [0.15, 0.2) is 11.6 Å². The maximum absolute atomic E-state index is 15.5. The number of benzene rings is 1. The Balaban J connectivity index is 1.68. The average molecular weight is 443 g/mol. The molecule has 1 aliphatic carbocycles. The van der Waals surface area contributed by atoms with Gasteiger partial charge in [-0.3, -0.25) is 9.59 Å². The molecule has 0 radical (unpaired) electrons. The number of amides is 1. The number of hydrogen-bond acceptors (Lipinski definition) is 5. The van der Waals surface area contributed by atoms with Crippen LogP contribution in [0.2, 0.25) is 0 Å². The van der Waals surface area contributed by atoms with Crippen LogP contribution in [-0.4, -0.2) is 59.2 Å². The van der Waals surface area contributed by atoms with Crippen molar-refractivity contribution in [3.8, 4) is 5.75 Å². The quantitative estimate of drug-likeness (QED) is 0.781. The van der Waals surface area contributed by atoms with Crippen LogP contribution in [-0.2, 0) is 4.79 Å². The van der Waals surface area contributed by atoms with Crippen molar-refractivity contribution in [3.05, 3.63) is 33.9 Å². The van der Waals surface area contributed by atoms with Gasteiger partial charge in [0, 0.05) is 38.8 Å². The molecule has 1 N–H and O–H groups in total. The zero-order valence-electron chi connectivity index (χ0n) is 18.1.